The number of nitrogens with one attached hydrogen (secondary N) is 1. The fourth-order valence-corrected chi connectivity index (χ4v) is 5.85. The molecule has 0 atom stereocenters. The van der Waals surface area contributed by atoms with Crippen molar-refractivity contribution in [3.63, 3.8) is 0 Å². The SMILES string of the molecule is c1ccc(C2(c3ccccc3)c3ccccc3-c3[nH]c4ccc5ccccc5c4c32)cc1. The minimum absolute atomic E-state index is 0.378. The first-order valence-corrected chi connectivity index (χ1v) is 11.1. The Bertz CT molecular complexity index is 1570. The Labute approximate surface area is 187 Å². The molecule has 1 aliphatic carbocycles. The molecule has 6 aromatic rings. The molecule has 0 saturated carbocycles. The van der Waals surface area contributed by atoms with Gasteiger partial charge in [0.15, 0.2) is 0 Å². The zero-order valence-corrected chi connectivity index (χ0v) is 17.5. The van der Waals surface area contributed by atoms with Crippen molar-refractivity contribution in [2.75, 3.05) is 0 Å². The van der Waals surface area contributed by atoms with Crippen LogP contribution in [0.3, 0.4) is 0 Å². The molecule has 0 aliphatic heterocycles. The van der Waals surface area contributed by atoms with Gasteiger partial charge in [-0.15, -0.1) is 0 Å². The van der Waals surface area contributed by atoms with Gasteiger partial charge in [0, 0.05) is 22.0 Å². The van der Waals surface area contributed by atoms with Gasteiger partial charge in [-0.25, -0.2) is 0 Å². The minimum Gasteiger partial charge on any atom is -0.354 e. The fraction of sp³-hybridized carbons (Fsp3) is 0.0323. The molecule has 0 radical (unpaired) electrons. The summed E-state index contributed by atoms with van der Waals surface area (Å²) in [5, 5.41) is 3.89. The number of aromatic nitrogens is 1. The summed E-state index contributed by atoms with van der Waals surface area (Å²) < 4.78 is 0. The highest BCUT2D eigenvalue weighted by Crippen LogP contribution is 2.58. The number of hydrogen-bond acceptors (Lipinski definition) is 0. The van der Waals surface area contributed by atoms with Gasteiger partial charge in [0.1, 0.15) is 0 Å². The second-order valence-electron chi connectivity index (χ2n) is 8.61. The van der Waals surface area contributed by atoms with Crippen molar-refractivity contribution in [1.82, 2.24) is 4.98 Å². The third-order valence-electron chi connectivity index (χ3n) is 7.08. The molecule has 1 aromatic heterocycles. The summed E-state index contributed by atoms with van der Waals surface area (Å²) >= 11 is 0. The maximum atomic E-state index is 3.82. The molecule has 0 bridgehead atoms. The predicted octanol–water partition coefficient (Wildman–Crippen LogP) is 7.68. The highest BCUT2D eigenvalue weighted by Gasteiger charge is 2.48. The maximum absolute atomic E-state index is 3.82. The molecule has 0 amide bonds. The molecule has 1 heterocycles. The molecule has 32 heavy (non-hydrogen) atoms. The van der Waals surface area contributed by atoms with Crippen LogP contribution in [0.25, 0.3) is 32.9 Å². The van der Waals surface area contributed by atoms with Crippen LogP contribution >= 0.6 is 0 Å². The van der Waals surface area contributed by atoms with E-state index >= 15 is 0 Å². The lowest BCUT2D eigenvalue weighted by molar-refractivity contribution is 0.776. The third kappa shape index (κ3) is 2.13. The van der Waals surface area contributed by atoms with Crippen LogP contribution in [0.15, 0.2) is 121 Å². The molecular weight excluding hydrogens is 386 g/mol. The lowest BCUT2D eigenvalue weighted by atomic mass is 9.67. The second kappa shape index (κ2) is 6.45. The van der Waals surface area contributed by atoms with Crippen molar-refractivity contribution >= 4 is 21.7 Å². The van der Waals surface area contributed by atoms with E-state index < -0.39 is 0 Å². The van der Waals surface area contributed by atoms with Crippen LogP contribution in [-0.4, -0.2) is 4.98 Å². The topological polar surface area (TPSA) is 15.8 Å². The third-order valence-corrected chi connectivity index (χ3v) is 7.08. The van der Waals surface area contributed by atoms with E-state index in [4.69, 9.17) is 0 Å². The Morgan fingerprint density at radius 3 is 1.91 bits per heavy atom. The van der Waals surface area contributed by atoms with E-state index in [2.05, 4.69) is 126 Å². The summed E-state index contributed by atoms with van der Waals surface area (Å²) in [5.41, 5.74) is 8.64. The van der Waals surface area contributed by atoms with Crippen LogP contribution in [0, 0.1) is 0 Å². The summed E-state index contributed by atoms with van der Waals surface area (Å²) in [5.74, 6) is 0. The van der Waals surface area contributed by atoms with Gasteiger partial charge in [-0.3, -0.25) is 0 Å². The molecule has 1 heteroatoms. The van der Waals surface area contributed by atoms with E-state index in [-0.39, 0.29) is 5.41 Å². The van der Waals surface area contributed by atoms with Gasteiger partial charge in [-0.05, 0) is 33.5 Å². The summed E-state index contributed by atoms with van der Waals surface area (Å²) in [6.07, 6.45) is 0. The number of rotatable bonds is 2. The van der Waals surface area contributed by atoms with Crippen molar-refractivity contribution in [3.05, 3.63) is 144 Å². The molecule has 1 N–H and O–H groups in total. The lowest BCUT2D eigenvalue weighted by Crippen LogP contribution is -2.28. The molecule has 0 spiro atoms. The van der Waals surface area contributed by atoms with Crippen LogP contribution in [0.4, 0.5) is 0 Å². The maximum Gasteiger partial charge on any atom is 0.0735 e. The Kier molecular flexibility index (Phi) is 3.54. The van der Waals surface area contributed by atoms with Crippen LogP contribution in [0.5, 0.6) is 0 Å². The van der Waals surface area contributed by atoms with Crippen LogP contribution < -0.4 is 0 Å². The van der Waals surface area contributed by atoms with Crippen molar-refractivity contribution in [2.45, 2.75) is 5.41 Å². The van der Waals surface area contributed by atoms with E-state index in [9.17, 15) is 0 Å². The van der Waals surface area contributed by atoms with Crippen LogP contribution in [-0.2, 0) is 5.41 Å². The van der Waals surface area contributed by atoms with Gasteiger partial charge in [0.25, 0.3) is 0 Å². The molecule has 7 rings (SSSR count). The molecule has 1 aliphatic rings. The van der Waals surface area contributed by atoms with E-state index in [1.54, 1.807) is 0 Å². The largest absolute Gasteiger partial charge is 0.354 e. The van der Waals surface area contributed by atoms with E-state index in [1.165, 1.54) is 55.2 Å². The monoisotopic (exact) mass is 407 g/mol. The molecule has 1 nitrogen and oxygen atoms in total. The van der Waals surface area contributed by atoms with Crippen LogP contribution in [0.2, 0.25) is 0 Å². The summed E-state index contributed by atoms with van der Waals surface area (Å²) in [4.78, 5) is 3.82. The quantitative estimate of drug-likeness (QED) is 0.302. The second-order valence-corrected chi connectivity index (χ2v) is 8.61. The molecule has 0 fully saturated rings. The van der Waals surface area contributed by atoms with Crippen molar-refractivity contribution < 1.29 is 0 Å². The van der Waals surface area contributed by atoms with Gasteiger partial charge in [-0.2, -0.15) is 0 Å². The number of benzene rings is 5. The van der Waals surface area contributed by atoms with Crippen molar-refractivity contribution in [1.29, 1.82) is 0 Å². The zero-order chi connectivity index (χ0) is 21.1. The Morgan fingerprint density at radius 2 is 1.16 bits per heavy atom. The van der Waals surface area contributed by atoms with Gasteiger partial charge in [0.05, 0.1) is 11.1 Å². The molecule has 0 saturated heterocycles. The molecule has 0 unspecified atom stereocenters. The molecule has 150 valence electrons. The first kappa shape index (κ1) is 17.6. The summed E-state index contributed by atoms with van der Waals surface area (Å²) in [7, 11) is 0. The Hall–Kier alpha value is -4.10. The number of fused-ring (bicyclic) bond motifs is 7. The Morgan fingerprint density at radius 1 is 0.531 bits per heavy atom. The van der Waals surface area contributed by atoms with E-state index in [1.807, 2.05) is 0 Å². The standard InChI is InChI=1S/C31H21N/c1-3-12-22(13-4-1)31(23-14-5-2-6-15-23)26-18-10-9-17-25(26)30-29(31)28-24-16-8-7-11-21(24)19-20-27(28)32-30/h1-20,32H. The summed E-state index contributed by atoms with van der Waals surface area (Å²) in [6.45, 7) is 0. The highest BCUT2D eigenvalue weighted by molar-refractivity contribution is 6.13. The zero-order valence-electron chi connectivity index (χ0n) is 17.5. The van der Waals surface area contributed by atoms with E-state index in [0.717, 1.165) is 0 Å². The van der Waals surface area contributed by atoms with Gasteiger partial charge < -0.3 is 4.98 Å². The van der Waals surface area contributed by atoms with Crippen molar-refractivity contribution in [3.8, 4) is 11.3 Å². The first-order valence-electron chi connectivity index (χ1n) is 11.1. The van der Waals surface area contributed by atoms with Crippen molar-refractivity contribution in [2.24, 2.45) is 0 Å². The number of H-pyrrole nitrogens is 1. The molecule has 5 aromatic carbocycles. The first-order chi connectivity index (χ1) is 15.9. The number of aromatic amines is 1. The normalized spacial score (nSPS) is 13.9. The van der Waals surface area contributed by atoms with Crippen LogP contribution in [0.1, 0.15) is 22.3 Å². The highest BCUT2D eigenvalue weighted by atomic mass is 14.8. The summed E-state index contributed by atoms with van der Waals surface area (Å²) in [6, 6.07) is 44.1. The van der Waals surface area contributed by atoms with Gasteiger partial charge >= 0.3 is 0 Å². The average molecular weight is 408 g/mol. The average Bonchev–Trinajstić information content (AvgIpc) is 3.39. The lowest BCUT2D eigenvalue weighted by Gasteiger charge is -2.33. The smallest absolute Gasteiger partial charge is 0.0735 e. The predicted molar refractivity (Wildman–Crippen MR) is 133 cm³/mol. The molecular formula is C31H21N. The fourth-order valence-electron chi connectivity index (χ4n) is 5.85. The van der Waals surface area contributed by atoms with Gasteiger partial charge in [0.2, 0.25) is 0 Å². The minimum atomic E-state index is -0.378. The number of hydrogen-bond donors (Lipinski definition) is 1. The van der Waals surface area contributed by atoms with E-state index in [0.29, 0.717) is 0 Å². The van der Waals surface area contributed by atoms with Gasteiger partial charge in [-0.1, -0.05) is 115 Å². The Balaban J connectivity index is 1.76.